The Bertz CT molecular complexity index is 1090. The Balaban J connectivity index is 1.61. The Kier molecular flexibility index (Phi) is 4.63. The summed E-state index contributed by atoms with van der Waals surface area (Å²) in [6.45, 7) is 0. The van der Waals surface area contributed by atoms with Crippen LogP contribution in [0.15, 0.2) is 89.0 Å². The third kappa shape index (κ3) is 3.37. The van der Waals surface area contributed by atoms with E-state index in [9.17, 15) is 9.59 Å². The predicted octanol–water partition coefficient (Wildman–Crippen LogP) is 2.26. The van der Waals surface area contributed by atoms with Crippen LogP contribution in [0.1, 0.15) is 0 Å². The van der Waals surface area contributed by atoms with Gasteiger partial charge in [0.2, 0.25) is 0 Å². The molecule has 2 aromatic heterocycles. The van der Waals surface area contributed by atoms with Gasteiger partial charge in [-0.3, -0.25) is 14.6 Å². The number of carbonyl (C=O) groups excluding carboxylic acids is 1. The monoisotopic (exact) mass is 374 g/mol. The number of ether oxygens (including phenoxy) is 1. The molecule has 0 radical (unpaired) electrons. The Morgan fingerprint density at radius 2 is 2.04 bits per heavy atom. The molecule has 3 N–H and O–H groups in total. The van der Waals surface area contributed by atoms with Gasteiger partial charge in [0.25, 0.3) is 11.5 Å². The molecule has 0 saturated carbocycles. The first-order chi connectivity index (χ1) is 13.7. The number of dihydropyridines is 1. The zero-order valence-corrected chi connectivity index (χ0v) is 15.1. The molecule has 2 aliphatic rings. The number of methoxy groups -OCH3 is 1. The van der Waals surface area contributed by atoms with E-state index in [1.54, 1.807) is 37.8 Å². The van der Waals surface area contributed by atoms with Crippen LogP contribution in [-0.2, 0) is 9.53 Å². The molecular formula is C21H18N4O3. The molecule has 0 saturated heterocycles. The van der Waals surface area contributed by atoms with Crippen molar-refractivity contribution >= 4 is 11.6 Å². The van der Waals surface area contributed by atoms with E-state index in [0.29, 0.717) is 11.5 Å². The van der Waals surface area contributed by atoms with Crippen molar-refractivity contribution in [2.24, 2.45) is 0 Å². The smallest absolute Gasteiger partial charge is 0.272 e. The molecule has 1 aliphatic heterocycles. The zero-order chi connectivity index (χ0) is 19.5. The average molecular weight is 374 g/mol. The Morgan fingerprint density at radius 1 is 1.21 bits per heavy atom. The van der Waals surface area contributed by atoms with E-state index in [4.69, 9.17) is 4.74 Å². The lowest BCUT2D eigenvalue weighted by Gasteiger charge is -2.27. The molecule has 0 spiro atoms. The molecule has 1 aliphatic carbocycles. The SMILES string of the molecule is COC1=C2C=CC=CC2NC(C(=O)Nc2cc(-c3ccncc3)c[nH]c2=O)=C1. The summed E-state index contributed by atoms with van der Waals surface area (Å²) in [7, 11) is 1.56. The molecule has 140 valence electrons. The summed E-state index contributed by atoms with van der Waals surface area (Å²) < 4.78 is 5.42. The van der Waals surface area contributed by atoms with Gasteiger partial charge < -0.3 is 20.4 Å². The minimum atomic E-state index is -0.422. The number of hydrogen-bond donors (Lipinski definition) is 3. The number of aromatic nitrogens is 2. The van der Waals surface area contributed by atoms with Gasteiger partial charge >= 0.3 is 0 Å². The van der Waals surface area contributed by atoms with Gasteiger partial charge in [-0.25, -0.2) is 0 Å². The molecule has 1 atom stereocenters. The normalized spacial score (nSPS) is 17.5. The van der Waals surface area contributed by atoms with Crippen LogP contribution in [0.3, 0.4) is 0 Å². The van der Waals surface area contributed by atoms with Crippen molar-refractivity contribution in [3.05, 3.63) is 94.6 Å². The second kappa shape index (κ2) is 7.40. The highest BCUT2D eigenvalue weighted by molar-refractivity contribution is 6.04. The van der Waals surface area contributed by atoms with Crippen LogP contribution in [-0.4, -0.2) is 29.0 Å². The first-order valence-electron chi connectivity index (χ1n) is 8.71. The van der Waals surface area contributed by atoms with Gasteiger partial charge in [-0.15, -0.1) is 0 Å². The molecule has 0 aromatic carbocycles. The second-order valence-electron chi connectivity index (χ2n) is 6.27. The maximum Gasteiger partial charge on any atom is 0.272 e. The molecule has 7 nitrogen and oxygen atoms in total. The summed E-state index contributed by atoms with van der Waals surface area (Å²) >= 11 is 0. The quantitative estimate of drug-likeness (QED) is 0.763. The van der Waals surface area contributed by atoms with E-state index in [2.05, 4.69) is 20.6 Å². The maximum atomic E-state index is 12.8. The van der Waals surface area contributed by atoms with E-state index < -0.39 is 5.91 Å². The number of H-pyrrole nitrogens is 1. The lowest BCUT2D eigenvalue weighted by atomic mass is 9.97. The Morgan fingerprint density at radius 3 is 2.82 bits per heavy atom. The summed E-state index contributed by atoms with van der Waals surface area (Å²) in [5, 5.41) is 5.84. The standard InChI is InChI=1S/C21H18N4O3/c1-28-19-11-18(24-16-5-3-2-4-15(16)19)21(27)25-17-10-14(12-23-20(17)26)13-6-8-22-9-7-13/h2-12,16,24H,1H3,(H,23,26)(H,25,27). The summed E-state index contributed by atoms with van der Waals surface area (Å²) in [6, 6.07) is 5.12. The van der Waals surface area contributed by atoms with E-state index in [-0.39, 0.29) is 17.3 Å². The Hall–Kier alpha value is -3.87. The van der Waals surface area contributed by atoms with Crippen LogP contribution in [0, 0.1) is 0 Å². The third-order valence-electron chi connectivity index (χ3n) is 4.53. The summed E-state index contributed by atoms with van der Waals surface area (Å²) in [6.07, 6.45) is 14.2. The van der Waals surface area contributed by atoms with E-state index in [0.717, 1.165) is 16.7 Å². The number of pyridine rings is 2. The fourth-order valence-electron chi connectivity index (χ4n) is 3.11. The summed E-state index contributed by atoms with van der Waals surface area (Å²) in [4.78, 5) is 31.6. The van der Waals surface area contributed by atoms with Crippen LogP contribution in [0.25, 0.3) is 11.1 Å². The highest BCUT2D eigenvalue weighted by Gasteiger charge is 2.25. The Labute approximate surface area is 161 Å². The number of nitrogens with zero attached hydrogens (tertiary/aromatic N) is 1. The highest BCUT2D eigenvalue weighted by Crippen LogP contribution is 2.24. The third-order valence-corrected chi connectivity index (χ3v) is 4.53. The van der Waals surface area contributed by atoms with Crippen molar-refractivity contribution in [2.75, 3.05) is 12.4 Å². The number of aromatic amines is 1. The van der Waals surface area contributed by atoms with Crippen molar-refractivity contribution in [1.29, 1.82) is 0 Å². The molecule has 7 heteroatoms. The first-order valence-corrected chi connectivity index (χ1v) is 8.71. The fourth-order valence-corrected chi connectivity index (χ4v) is 3.11. The lowest BCUT2D eigenvalue weighted by molar-refractivity contribution is -0.113. The number of amides is 1. The van der Waals surface area contributed by atoms with Gasteiger partial charge in [0.15, 0.2) is 0 Å². The molecule has 1 amide bonds. The van der Waals surface area contributed by atoms with Crippen LogP contribution in [0.4, 0.5) is 5.69 Å². The average Bonchev–Trinajstić information content (AvgIpc) is 2.75. The molecule has 4 rings (SSSR count). The van der Waals surface area contributed by atoms with Crippen molar-refractivity contribution in [3.63, 3.8) is 0 Å². The number of nitrogens with one attached hydrogen (secondary N) is 3. The van der Waals surface area contributed by atoms with Gasteiger partial charge in [0.05, 0.1) is 13.2 Å². The maximum absolute atomic E-state index is 12.8. The molecule has 2 aromatic rings. The molecule has 0 fully saturated rings. The minimum Gasteiger partial charge on any atom is -0.496 e. The van der Waals surface area contributed by atoms with Crippen LogP contribution in [0.2, 0.25) is 0 Å². The van der Waals surface area contributed by atoms with Gasteiger partial charge in [-0.2, -0.15) is 0 Å². The van der Waals surface area contributed by atoms with Crippen molar-refractivity contribution < 1.29 is 9.53 Å². The molecule has 28 heavy (non-hydrogen) atoms. The van der Waals surface area contributed by atoms with Crippen LogP contribution < -0.4 is 16.2 Å². The largest absolute Gasteiger partial charge is 0.496 e. The lowest BCUT2D eigenvalue weighted by Crippen LogP contribution is -2.38. The van der Waals surface area contributed by atoms with Crippen molar-refractivity contribution in [3.8, 4) is 11.1 Å². The molecule has 1 unspecified atom stereocenters. The number of fused-ring (bicyclic) bond motifs is 1. The first kappa shape index (κ1) is 17.5. The highest BCUT2D eigenvalue weighted by atomic mass is 16.5. The van der Waals surface area contributed by atoms with Crippen LogP contribution >= 0.6 is 0 Å². The fraction of sp³-hybridized carbons (Fsp3) is 0.0952. The van der Waals surface area contributed by atoms with E-state index in [1.807, 2.05) is 36.4 Å². The van der Waals surface area contributed by atoms with Gasteiger partial charge in [0, 0.05) is 35.8 Å². The predicted molar refractivity (Wildman–Crippen MR) is 106 cm³/mol. The van der Waals surface area contributed by atoms with E-state index in [1.165, 1.54) is 0 Å². The molecule has 3 heterocycles. The van der Waals surface area contributed by atoms with Gasteiger partial charge in [0.1, 0.15) is 17.1 Å². The summed E-state index contributed by atoms with van der Waals surface area (Å²) in [5.41, 5.74) is 2.69. The zero-order valence-electron chi connectivity index (χ0n) is 15.1. The van der Waals surface area contributed by atoms with Crippen molar-refractivity contribution in [1.82, 2.24) is 15.3 Å². The van der Waals surface area contributed by atoms with Crippen LogP contribution in [0.5, 0.6) is 0 Å². The van der Waals surface area contributed by atoms with Gasteiger partial charge in [-0.05, 0) is 23.8 Å². The number of hydrogen-bond acceptors (Lipinski definition) is 5. The summed E-state index contributed by atoms with van der Waals surface area (Å²) in [5.74, 6) is 0.183. The van der Waals surface area contributed by atoms with Gasteiger partial charge in [-0.1, -0.05) is 24.3 Å². The molecular weight excluding hydrogens is 356 g/mol. The van der Waals surface area contributed by atoms with Crippen molar-refractivity contribution in [2.45, 2.75) is 6.04 Å². The number of rotatable bonds is 4. The number of anilines is 1. The minimum absolute atomic E-state index is 0.160. The van der Waals surface area contributed by atoms with E-state index >= 15 is 0 Å². The number of carbonyl (C=O) groups is 1. The second-order valence-corrected chi connectivity index (χ2v) is 6.27. The molecule has 0 bridgehead atoms. The topological polar surface area (TPSA) is 96.1 Å². The number of allylic oxidation sites excluding steroid dienone is 3.